The lowest BCUT2D eigenvalue weighted by atomic mass is 10.1. The lowest BCUT2D eigenvalue weighted by Gasteiger charge is -2.09. The zero-order valence-electron chi connectivity index (χ0n) is 11.8. The zero-order chi connectivity index (χ0) is 14.7. The number of fused-ring (bicyclic) bond motifs is 1. The molecule has 0 fully saturated rings. The smallest absolute Gasteiger partial charge is 0.0758 e. The van der Waals surface area contributed by atoms with Crippen LogP contribution in [0.4, 0.5) is 0 Å². The summed E-state index contributed by atoms with van der Waals surface area (Å²) in [6.07, 6.45) is 1.83. The molecule has 3 aromatic rings. The number of hydrogen-bond acceptors (Lipinski definition) is 3. The second-order valence-electron chi connectivity index (χ2n) is 4.98. The third-order valence-electron chi connectivity index (χ3n) is 3.37. The summed E-state index contributed by atoms with van der Waals surface area (Å²) in [7, 11) is 0. The largest absolute Gasteiger partial charge is 0.307 e. The molecule has 0 saturated heterocycles. The summed E-state index contributed by atoms with van der Waals surface area (Å²) in [5, 5.41) is 4.58. The Bertz CT molecular complexity index is 771. The maximum Gasteiger partial charge on any atom is 0.0758 e. The zero-order valence-corrected chi connectivity index (χ0v) is 13.4. The van der Waals surface area contributed by atoms with Crippen LogP contribution in [-0.4, -0.2) is 9.97 Å². The molecule has 0 aliphatic heterocycles. The van der Waals surface area contributed by atoms with Gasteiger partial charge in [-0.15, -0.1) is 0 Å². The minimum Gasteiger partial charge on any atom is -0.307 e. The molecular formula is C17H16BrN3. The van der Waals surface area contributed by atoms with Crippen LogP contribution >= 0.6 is 15.9 Å². The number of aryl methyl sites for hydroxylation is 1. The summed E-state index contributed by atoms with van der Waals surface area (Å²) in [5.74, 6) is 0. The van der Waals surface area contributed by atoms with Gasteiger partial charge in [0.25, 0.3) is 0 Å². The molecule has 2 aromatic heterocycles. The first-order valence-electron chi connectivity index (χ1n) is 6.89. The lowest BCUT2D eigenvalue weighted by molar-refractivity contribution is 0.680. The van der Waals surface area contributed by atoms with Crippen molar-refractivity contribution < 1.29 is 0 Å². The maximum absolute atomic E-state index is 4.50. The van der Waals surface area contributed by atoms with Crippen LogP contribution in [0, 0.1) is 6.92 Å². The van der Waals surface area contributed by atoms with E-state index in [0.717, 1.165) is 39.9 Å². The van der Waals surface area contributed by atoms with E-state index >= 15 is 0 Å². The monoisotopic (exact) mass is 341 g/mol. The average Bonchev–Trinajstić information content (AvgIpc) is 2.50. The Morgan fingerprint density at radius 1 is 1.05 bits per heavy atom. The quantitative estimate of drug-likeness (QED) is 0.779. The van der Waals surface area contributed by atoms with Crippen LogP contribution in [0.2, 0.25) is 0 Å². The first-order chi connectivity index (χ1) is 10.2. The standard InChI is InChI=1S/C17H16BrN3/c1-12-4-2-5-14(21-12)11-19-10-13-7-8-16(18)15-6-3-9-20-17(13)15/h2-9,19H,10-11H2,1H3. The van der Waals surface area contributed by atoms with Crippen LogP contribution in [0.3, 0.4) is 0 Å². The van der Waals surface area contributed by atoms with Gasteiger partial charge in [-0.2, -0.15) is 0 Å². The molecule has 0 unspecified atom stereocenters. The van der Waals surface area contributed by atoms with Crippen molar-refractivity contribution in [1.29, 1.82) is 0 Å². The molecule has 4 heteroatoms. The van der Waals surface area contributed by atoms with Gasteiger partial charge >= 0.3 is 0 Å². The summed E-state index contributed by atoms with van der Waals surface area (Å²) in [6.45, 7) is 3.54. The molecule has 0 bridgehead atoms. The molecule has 1 N–H and O–H groups in total. The van der Waals surface area contributed by atoms with Gasteiger partial charge < -0.3 is 5.32 Å². The predicted octanol–water partition coefficient (Wildman–Crippen LogP) is 3.99. The number of benzene rings is 1. The second kappa shape index (κ2) is 6.33. The maximum atomic E-state index is 4.50. The molecule has 3 rings (SSSR count). The Labute approximate surface area is 132 Å². The van der Waals surface area contributed by atoms with E-state index < -0.39 is 0 Å². The number of halogens is 1. The van der Waals surface area contributed by atoms with Gasteiger partial charge in [-0.25, -0.2) is 0 Å². The molecule has 0 atom stereocenters. The fraction of sp³-hybridized carbons (Fsp3) is 0.176. The van der Waals surface area contributed by atoms with E-state index in [0.29, 0.717) is 0 Å². The van der Waals surface area contributed by atoms with E-state index in [2.05, 4.69) is 49.4 Å². The first kappa shape index (κ1) is 14.2. The third kappa shape index (κ3) is 3.28. The van der Waals surface area contributed by atoms with Crippen LogP contribution in [0.25, 0.3) is 10.9 Å². The summed E-state index contributed by atoms with van der Waals surface area (Å²) >= 11 is 3.57. The normalized spacial score (nSPS) is 11.0. The minimum atomic E-state index is 0.756. The first-order valence-corrected chi connectivity index (χ1v) is 7.69. The van der Waals surface area contributed by atoms with Crippen molar-refractivity contribution in [3.63, 3.8) is 0 Å². The van der Waals surface area contributed by atoms with Crippen LogP contribution in [0.15, 0.2) is 53.1 Å². The summed E-state index contributed by atoms with van der Waals surface area (Å²) in [6, 6.07) is 14.3. The van der Waals surface area contributed by atoms with Crippen molar-refractivity contribution in [3.05, 3.63) is 70.1 Å². The van der Waals surface area contributed by atoms with Gasteiger partial charge in [0.05, 0.1) is 11.2 Å². The van der Waals surface area contributed by atoms with Crippen molar-refractivity contribution in [2.45, 2.75) is 20.0 Å². The predicted molar refractivity (Wildman–Crippen MR) is 89.0 cm³/mol. The van der Waals surface area contributed by atoms with Crippen molar-refractivity contribution in [2.75, 3.05) is 0 Å². The number of aromatic nitrogens is 2. The molecule has 3 nitrogen and oxygen atoms in total. The highest BCUT2D eigenvalue weighted by atomic mass is 79.9. The Hall–Kier alpha value is -1.78. The van der Waals surface area contributed by atoms with Gasteiger partial charge in [0.15, 0.2) is 0 Å². The lowest BCUT2D eigenvalue weighted by Crippen LogP contribution is -2.14. The Morgan fingerprint density at radius 2 is 1.95 bits per heavy atom. The van der Waals surface area contributed by atoms with E-state index in [-0.39, 0.29) is 0 Å². The van der Waals surface area contributed by atoms with Crippen LogP contribution < -0.4 is 5.32 Å². The van der Waals surface area contributed by atoms with Crippen molar-refractivity contribution in [3.8, 4) is 0 Å². The van der Waals surface area contributed by atoms with E-state index in [1.54, 1.807) is 0 Å². The fourth-order valence-electron chi connectivity index (χ4n) is 2.36. The number of nitrogens with one attached hydrogen (secondary N) is 1. The van der Waals surface area contributed by atoms with Gasteiger partial charge in [-0.05, 0) is 36.8 Å². The minimum absolute atomic E-state index is 0.756. The fourth-order valence-corrected chi connectivity index (χ4v) is 2.81. The van der Waals surface area contributed by atoms with Crippen molar-refractivity contribution >= 4 is 26.8 Å². The molecule has 21 heavy (non-hydrogen) atoms. The second-order valence-corrected chi connectivity index (χ2v) is 5.83. The van der Waals surface area contributed by atoms with Gasteiger partial charge in [0.2, 0.25) is 0 Å². The number of hydrogen-bond donors (Lipinski definition) is 1. The third-order valence-corrected chi connectivity index (χ3v) is 4.06. The highest BCUT2D eigenvalue weighted by Crippen LogP contribution is 2.25. The van der Waals surface area contributed by atoms with Gasteiger partial charge in [0, 0.05) is 34.8 Å². The van der Waals surface area contributed by atoms with Crippen LogP contribution in [-0.2, 0) is 13.1 Å². The molecule has 0 saturated carbocycles. The van der Waals surface area contributed by atoms with Gasteiger partial charge in [0.1, 0.15) is 0 Å². The highest BCUT2D eigenvalue weighted by Gasteiger charge is 2.05. The van der Waals surface area contributed by atoms with Crippen LogP contribution in [0.1, 0.15) is 17.0 Å². The molecule has 2 heterocycles. The summed E-state index contributed by atoms with van der Waals surface area (Å²) < 4.78 is 1.08. The summed E-state index contributed by atoms with van der Waals surface area (Å²) in [5.41, 5.74) is 4.34. The van der Waals surface area contributed by atoms with Crippen molar-refractivity contribution in [2.24, 2.45) is 0 Å². The van der Waals surface area contributed by atoms with E-state index in [1.807, 2.05) is 37.4 Å². The Morgan fingerprint density at radius 3 is 2.81 bits per heavy atom. The average molecular weight is 342 g/mol. The highest BCUT2D eigenvalue weighted by molar-refractivity contribution is 9.10. The molecule has 0 aliphatic rings. The molecule has 0 aliphatic carbocycles. The SMILES string of the molecule is Cc1cccc(CNCc2ccc(Br)c3cccnc23)n1. The molecule has 0 spiro atoms. The molecular weight excluding hydrogens is 326 g/mol. The van der Waals surface area contributed by atoms with Gasteiger partial charge in [-0.3, -0.25) is 9.97 Å². The topological polar surface area (TPSA) is 37.8 Å². The molecule has 0 radical (unpaired) electrons. The number of pyridine rings is 2. The Kier molecular flexibility index (Phi) is 4.27. The molecule has 0 amide bonds. The van der Waals surface area contributed by atoms with E-state index in [1.165, 1.54) is 5.56 Å². The number of rotatable bonds is 4. The molecule has 106 valence electrons. The molecule has 1 aromatic carbocycles. The Balaban J connectivity index is 1.75. The number of nitrogens with zero attached hydrogens (tertiary/aromatic N) is 2. The van der Waals surface area contributed by atoms with Crippen LogP contribution in [0.5, 0.6) is 0 Å². The van der Waals surface area contributed by atoms with Crippen molar-refractivity contribution in [1.82, 2.24) is 15.3 Å². The van der Waals surface area contributed by atoms with Gasteiger partial charge in [-0.1, -0.05) is 34.1 Å². The van der Waals surface area contributed by atoms with E-state index in [9.17, 15) is 0 Å². The van der Waals surface area contributed by atoms with E-state index in [4.69, 9.17) is 0 Å². The summed E-state index contributed by atoms with van der Waals surface area (Å²) in [4.78, 5) is 8.99.